The fourth-order valence-electron chi connectivity index (χ4n) is 5.24. The summed E-state index contributed by atoms with van der Waals surface area (Å²) in [5.74, 6) is -0.282. The molecule has 7 heteroatoms. The number of nitrogens with zero attached hydrogens (tertiary/aromatic N) is 2. The molecule has 1 aliphatic carbocycles. The normalized spacial score (nSPS) is 24.8. The van der Waals surface area contributed by atoms with Crippen molar-refractivity contribution in [3.8, 4) is 0 Å². The van der Waals surface area contributed by atoms with Crippen LogP contribution in [0.3, 0.4) is 0 Å². The minimum absolute atomic E-state index is 0.142. The molecule has 31 heavy (non-hydrogen) atoms. The number of benzene rings is 1. The molecule has 0 bridgehead atoms. The van der Waals surface area contributed by atoms with Gasteiger partial charge in [0, 0.05) is 24.5 Å². The van der Waals surface area contributed by atoms with Crippen molar-refractivity contribution in [2.45, 2.75) is 57.4 Å². The second kappa shape index (κ2) is 10.1. The highest BCUT2D eigenvalue weighted by Gasteiger charge is 2.51. The maximum Gasteiger partial charge on any atom is 0.247 e. The Morgan fingerprint density at radius 2 is 1.61 bits per heavy atom. The van der Waals surface area contributed by atoms with Crippen molar-refractivity contribution in [1.82, 2.24) is 4.90 Å². The van der Waals surface area contributed by atoms with Crippen molar-refractivity contribution < 1.29 is 14.4 Å². The Bertz CT molecular complexity index is 783. The van der Waals surface area contributed by atoms with Crippen molar-refractivity contribution in [2.24, 2.45) is 11.8 Å². The largest absolute Gasteiger partial charge is 0.372 e. The number of amides is 3. The average molecular weight is 444 g/mol. The molecule has 0 unspecified atom stereocenters. The summed E-state index contributed by atoms with van der Waals surface area (Å²) < 4.78 is 0. The molecule has 6 nitrogen and oxygen atoms in total. The van der Waals surface area contributed by atoms with E-state index >= 15 is 0 Å². The summed E-state index contributed by atoms with van der Waals surface area (Å²) in [7, 11) is 0. The van der Waals surface area contributed by atoms with Crippen molar-refractivity contribution in [3.05, 3.63) is 24.3 Å². The van der Waals surface area contributed by atoms with Crippen LogP contribution >= 0.6 is 11.8 Å². The Hall–Kier alpha value is -2.02. The number of thioether (sulfide) groups is 1. The third-order valence-electron chi connectivity index (χ3n) is 6.94. The molecule has 1 saturated carbocycles. The second-order valence-electron chi connectivity index (χ2n) is 8.93. The number of hydrogen-bond acceptors (Lipinski definition) is 5. The number of likely N-dealkylation sites (tertiary alicyclic amines) is 1. The van der Waals surface area contributed by atoms with E-state index in [1.165, 1.54) is 29.8 Å². The molecule has 0 aromatic heterocycles. The number of imide groups is 1. The summed E-state index contributed by atoms with van der Waals surface area (Å²) in [5, 5.41) is 2.97. The number of carbonyl (C=O) groups excluding carboxylic acids is 3. The van der Waals surface area contributed by atoms with E-state index < -0.39 is 6.04 Å². The molecule has 2 aliphatic heterocycles. The first-order chi connectivity index (χ1) is 15.1. The van der Waals surface area contributed by atoms with Crippen molar-refractivity contribution in [2.75, 3.05) is 35.3 Å². The van der Waals surface area contributed by atoms with Crippen LogP contribution in [0, 0.1) is 11.8 Å². The third kappa shape index (κ3) is 4.76. The Balaban J connectivity index is 1.47. The molecule has 4 rings (SSSR count). The molecule has 0 radical (unpaired) electrons. The van der Waals surface area contributed by atoms with Gasteiger partial charge in [-0.2, -0.15) is 11.8 Å². The molecule has 3 aliphatic rings. The zero-order chi connectivity index (χ0) is 21.8. The Morgan fingerprint density at radius 3 is 2.19 bits per heavy atom. The highest BCUT2D eigenvalue weighted by molar-refractivity contribution is 7.98. The van der Waals surface area contributed by atoms with E-state index in [0.717, 1.165) is 44.5 Å². The fraction of sp³-hybridized carbons (Fsp3) is 0.625. The van der Waals surface area contributed by atoms with Gasteiger partial charge in [-0.05, 0) is 74.8 Å². The molecule has 168 valence electrons. The maximum absolute atomic E-state index is 13.2. The lowest BCUT2D eigenvalue weighted by Crippen LogP contribution is -2.48. The maximum atomic E-state index is 13.2. The van der Waals surface area contributed by atoms with E-state index in [2.05, 4.69) is 10.2 Å². The van der Waals surface area contributed by atoms with Crippen molar-refractivity contribution in [1.29, 1.82) is 0 Å². The Kier molecular flexibility index (Phi) is 7.20. The highest BCUT2D eigenvalue weighted by Crippen LogP contribution is 2.39. The molecule has 3 amide bonds. The molecule has 0 spiro atoms. The van der Waals surface area contributed by atoms with E-state index in [1.807, 2.05) is 30.5 Å². The van der Waals surface area contributed by atoms with E-state index in [0.29, 0.717) is 12.1 Å². The number of carbonyl (C=O) groups is 3. The predicted octanol–water partition coefficient (Wildman–Crippen LogP) is 3.91. The number of rotatable bonds is 7. The average Bonchev–Trinajstić information content (AvgIpc) is 3.06. The van der Waals surface area contributed by atoms with Crippen LogP contribution in [0.2, 0.25) is 0 Å². The molecule has 3 atom stereocenters. The zero-order valence-electron chi connectivity index (χ0n) is 18.3. The van der Waals surface area contributed by atoms with Crippen molar-refractivity contribution in [3.63, 3.8) is 0 Å². The van der Waals surface area contributed by atoms with Crippen molar-refractivity contribution >= 4 is 40.9 Å². The minimum atomic E-state index is -0.736. The Labute approximate surface area is 189 Å². The summed E-state index contributed by atoms with van der Waals surface area (Å²) in [6.07, 6.45) is 9.68. The van der Waals surface area contributed by atoms with Gasteiger partial charge < -0.3 is 10.2 Å². The van der Waals surface area contributed by atoms with E-state index in [1.54, 1.807) is 11.8 Å². The Morgan fingerprint density at radius 1 is 1.00 bits per heavy atom. The van der Waals surface area contributed by atoms with Gasteiger partial charge in [-0.25, -0.2) is 0 Å². The minimum Gasteiger partial charge on any atom is -0.372 e. The standard InChI is InChI=1S/C24H33N3O3S/c1-31-16-13-21(27-23(29)19-7-3-4-8-20(19)24(27)30)22(28)25-17-9-11-18(12-10-17)26-14-5-2-6-15-26/h9-12,19-21H,2-8,13-16H2,1H3,(H,25,28)/t19-,20-,21-/m1/s1. The van der Waals surface area contributed by atoms with Gasteiger partial charge in [0.1, 0.15) is 6.04 Å². The highest BCUT2D eigenvalue weighted by atomic mass is 32.2. The molecular formula is C24H33N3O3S. The molecule has 1 N–H and O–H groups in total. The number of hydrogen-bond donors (Lipinski definition) is 1. The van der Waals surface area contributed by atoms with Gasteiger partial charge >= 0.3 is 0 Å². The summed E-state index contributed by atoms with van der Waals surface area (Å²) in [6.45, 7) is 2.15. The first kappa shape index (κ1) is 22.2. The molecule has 1 aromatic carbocycles. The number of piperidine rings is 1. The second-order valence-corrected chi connectivity index (χ2v) is 9.91. The summed E-state index contributed by atoms with van der Waals surface area (Å²) in [4.78, 5) is 43.0. The van der Waals surface area contributed by atoms with E-state index in [9.17, 15) is 14.4 Å². The number of nitrogens with one attached hydrogen (secondary N) is 1. The van der Waals surface area contributed by atoms with Crippen LogP contribution in [0.5, 0.6) is 0 Å². The number of fused-ring (bicyclic) bond motifs is 1. The summed E-state index contributed by atoms with van der Waals surface area (Å²) >= 11 is 1.62. The predicted molar refractivity (Wildman–Crippen MR) is 125 cm³/mol. The van der Waals surface area contributed by atoms with Gasteiger partial charge in [0.2, 0.25) is 17.7 Å². The fourth-order valence-corrected chi connectivity index (χ4v) is 5.69. The SMILES string of the molecule is CSCC[C@H](C(=O)Nc1ccc(N2CCCCC2)cc1)N1C(=O)[C@@H]2CCCC[C@H]2C1=O. The van der Waals surface area contributed by atoms with Gasteiger partial charge in [-0.3, -0.25) is 19.3 Å². The molecule has 1 aromatic rings. The van der Waals surface area contributed by atoms with Crippen LogP contribution in [0.25, 0.3) is 0 Å². The lowest BCUT2D eigenvalue weighted by atomic mass is 9.81. The van der Waals surface area contributed by atoms with Crippen LogP contribution in [0.4, 0.5) is 11.4 Å². The lowest BCUT2D eigenvalue weighted by molar-refractivity contribution is -0.146. The topological polar surface area (TPSA) is 69.7 Å². The first-order valence-corrected chi connectivity index (χ1v) is 13.0. The van der Waals surface area contributed by atoms with E-state index in [-0.39, 0.29) is 29.6 Å². The van der Waals surface area contributed by atoms with Gasteiger partial charge in [-0.1, -0.05) is 12.8 Å². The third-order valence-corrected chi connectivity index (χ3v) is 7.58. The van der Waals surface area contributed by atoms with Gasteiger partial charge in [0.25, 0.3) is 0 Å². The smallest absolute Gasteiger partial charge is 0.247 e. The monoisotopic (exact) mass is 443 g/mol. The molecular weight excluding hydrogens is 410 g/mol. The molecule has 2 saturated heterocycles. The van der Waals surface area contributed by atoms with Gasteiger partial charge in [-0.15, -0.1) is 0 Å². The molecule has 2 heterocycles. The van der Waals surface area contributed by atoms with E-state index in [4.69, 9.17) is 0 Å². The summed E-state index contributed by atoms with van der Waals surface area (Å²) in [6, 6.07) is 7.18. The van der Waals surface area contributed by atoms with Gasteiger partial charge in [0.15, 0.2) is 0 Å². The lowest BCUT2D eigenvalue weighted by Gasteiger charge is -2.29. The van der Waals surface area contributed by atoms with Crippen LogP contribution in [-0.4, -0.2) is 53.8 Å². The van der Waals surface area contributed by atoms with Crippen LogP contribution in [0.1, 0.15) is 51.4 Å². The van der Waals surface area contributed by atoms with Crippen LogP contribution in [-0.2, 0) is 14.4 Å². The first-order valence-electron chi connectivity index (χ1n) is 11.6. The van der Waals surface area contributed by atoms with Crippen LogP contribution in [0.15, 0.2) is 24.3 Å². The zero-order valence-corrected chi connectivity index (χ0v) is 19.2. The number of anilines is 2. The summed E-state index contributed by atoms with van der Waals surface area (Å²) in [5.41, 5.74) is 1.88. The van der Waals surface area contributed by atoms with Gasteiger partial charge in [0.05, 0.1) is 11.8 Å². The quantitative estimate of drug-likeness (QED) is 0.647. The van der Waals surface area contributed by atoms with Crippen LogP contribution < -0.4 is 10.2 Å². The molecule has 3 fully saturated rings.